The Morgan fingerprint density at radius 2 is 1.79 bits per heavy atom. The van der Waals surface area contributed by atoms with Crippen molar-refractivity contribution in [2.75, 3.05) is 39.8 Å². The molecule has 0 bridgehead atoms. The number of aromatic nitrogens is 2. The lowest BCUT2D eigenvalue weighted by Crippen LogP contribution is -2.48. The molecule has 7 heteroatoms. The van der Waals surface area contributed by atoms with E-state index in [1.165, 1.54) is 16.9 Å². The van der Waals surface area contributed by atoms with Gasteiger partial charge in [-0.2, -0.15) is 0 Å². The van der Waals surface area contributed by atoms with E-state index in [0.717, 1.165) is 65.3 Å². The summed E-state index contributed by atoms with van der Waals surface area (Å²) in [6.45, 7) is 6.16. The summed E-state index contributed by atoms with van der Waals surface area (Å²) in [6, 6.07) is 18.2. The number of rotatable bonds is 6. The Morgan fingerprint density at radius 1 is 1.06 bits per heavy atom. The molecule has 0 radical (unpaired) electrons. The van der Waals surface area contributed by atoms with E-state index in [1.54, 1.807) is 7.11 Å². The molecule has 1 aliphatic heterocycles. The van der Waals surface area contributed by atoms with Gasteiger partial charge in [0.15, 0.2) is 4.96 Å². The van der Waals surface area contributed by atoms with Crippen molar-refractivity contribution in [2.45, 2.75) is 6.92 Å². The maximum atomic E-state index is 13.3. The Hall–Kier alpha value is -3.42. The van der Waals surface area contributed by atoms with E-state index >= 15 is 0 Å². The molecular weight excluding hydrogens is 444 g/mol. The molecule has 1 fully saturated rings. The van der Waals surface area contributed by atoms with Crippen LogP contribution in [0.15, 0.2) is 66.9 Å². The Bertz CT molecular complexity index is 1300. The number of thiazole rings is 1. The fraction of sp³-hybridized carbons (Fsp3) is 0.259. The van der Waals surface area contributed by atoms with E-state index in [9.17, 15) is 4.79 Å². The maximum absolute atomic E-state index is 13.3. The molecule has 3 heterocycles. The number of carbonyl (C=O) groups excluding carboxylic acids is 1. The van der Waals surface area contributed by atoms with Crippen LogP contribution in [-0.4, -0.2) is 64.9 Å². The van der Waals surface area contributed by atoms with Crippen LogP contribution >= 0.6 is 11.3 Å². The lowest BCUT2D eigenvalue weighted by Gasteiger charge is -2.34. The Kier molecular flexibility index (Phi) is 6.47. The molecule has 34 heavy (non-hydrogen) atoms. The van der Waals surface area contributed by atoms with Crippen molar-refractivity contribution in [1.82, 2.24) is 19.2 Å². The van der Waals surface area contributed by atoms with Crippen molar-refractivity contribution in [3.63, 3.8) is 0 Å². The van der Waals surface area contributed by atoms with E-state index in [-0.39, 0.29) is 5.91 Å². The lowest BCUT2D eigenvalue weighted by molar-refractivity contribution is 0.0654. The zero-order valence-electron chi connectivity index (χ0n) is 19.5. The number of piperazine rings is 1. The number of methoxy groups -OCH3 is 1. The van der Waals surface area contributed by atoms with Gasteiger partial charge in [0.25, 0.3) is 5.91 Å². The fourth-order valence-electron chi connectivity index (χ4n) is 4.23. The minimum absolute atomic E-state index is 0.110. The second-order valence-electron chi connectivity index (χ2n) is 8.43. The van der Waals surface area contributed by atoms with Gasteiger partial charge in [0, 0.05) is 50.2 Å². The number of aryl methyl sites for hydroxylation is 1. The van der Waals surface area contributed by atoms with Crippen LogP contribution in [0.4, 0.5) is 0 Å². The fourth-order valence-corrected chi connectivity index (χ4v) is 5.31. The average Bonchev–Trinajstić information content (AvgIpc) is 3.44. The maximum Gasteiger partial charge on any atom is 0.265 e. The topological polar surface area (TPSA) is 50.1 Å². The van der Waals surface area contributed by atoms with Gasteiger partial charge < -0.3 is 9.64 Å². The van der Waals surface area contributed by atoms with Gasteiger partial charge in [0.2, 0.25) is 0 Å². The molecule has 0 atom stereocenters. The molecule has 0 saturated carbocycles. The predicted molar refractivity (Wildman–Crippen MR) is 138 cm³/mol. The van der Waals surface area contributed by atoms with Crippen LogP contribution in [0.1, 0.15) is 20.9 Å². The number of hydrogen-bond acceptors (Lipinski definition) is 5. The third-order valence-corrected chi connectivity index (χ3v) is 7.41. The lowest BCUT2D eigenvalue weighted by atomic mass is 10.2. The number of hydrogen-bond donors (Lipinski definition) is 0. The first-order chi connectivity index (χ1) is 16.6. The normalized spacial score (nSPS) is 14.8. The molecule has 1 aliphatic rings. The van der Waals surface area contributed by atoms with Gasteiger partial charge in [-0.25, -0.2) is 4.98 Å². The minimum Gasteiger partial charge on any atom is -0.497 e. The van der Waals surface area contributed by atoms with Gasteiger partial charge in [-0.05, 0) is 36.8 Å². The highest BCUT2D eigenvalue weighted by Crippen LogP contribution is 2.29. The second-order valence-corrected chi connectivity index (χ2v) is 9.41. The number of fused-ring (bicyclic) bond motifs is 1. The van der Waals surface area contributed by atoms with Crippen molar-refractivity contribution in [1.29, 1.82) is 0 Å². The highest BCUT2D eigenvalue weighted by Gasteiger charge is 2.26. The van der Waals surface area contributed by atoms with E-state index < -0.39 is 0 Å². The monoisotopic (exact) mass is 472 g/mol. The summed E-state index contributed by atoms with van der Waals surface area (Å²) in [5.41, 5.74) is 4.09. The molecule has 4 aromatic rings. The van der Waals surface area contributed by atoms with E-state index in [1.807, 2.05) is 64.9 Å². The van der Waals surface area contributed by atoms with Crippen LogP contribution in [0.25, 0.3) is 22.3 Å². The van der Waals surface area contributed by atoms with Crippen molar-refractivity contribution < 1.29 is 9.53 Å². The third-order valence-electron chi connectivity index (χ3n) is 6.27. The zero-order valence-corrected chi connectivity index (χ0v) is 20.3. The number of benzene rings is 2. The third kappa shape index (κ3) is 4.62. The molecular formula is C27H28N4O2S. The molecule has 174 valence electrons. The number of imidazole rings is 1. The van der Waals surface area contributed by atoms with Crippen LogP contribution < -0.4 is 4.74 Å². The van der Waals surface area contributed by atoms with Crippen LogP contribution in [0, 0.1) is 6.92 Å². The molecule has 2 aromatic carbocycles. The number of carbonyl (C=O) groups is 1. The van der Waals surface area contributed by atoms with E-state index in [4.69, 9.17) is 9.72 Å². The molecule has 1 saturated heterocycles. The standard InChI is InChI=1S/C27H28N4O2S/c1-20-25(34-27-28-24(19-31(20)27)22-10-12-23(33-2)13-11-22)26(32)30-17-15-29(16-18-30)14-6-9-21-7-4-3-5-8-21/h3-13,19H,14-18H2,1-2H3/b9-6+. The molecule has 1 amide bonds. The first-order valence-corrected chi connectivity index (χ1v) is 12.3. The Morgan fingerprint density at radius 3 is 2.47 bits per heavy atom. The van der Waals surface area contributed by atoms with Crippen molar-refractivity contribution in [2.24, 2.45) is 0 Å². The summed E-state index contributed by atoms with van der Waals surface area (Å²) >= 11 is 1.47. The van der Waals surface area contributed by atoms with E-state index in [2.05, 4.69) is 29.2 Å². The Labute approximate surface area is 203 Å². The van der Waals surface area contributed by atoms with Crippen molar-refractivity contribution in [3.8, 4) is 17.0 Å². The first-order valence-electron chi connectivity index (χ1n) is 11.5. The number of nitrogens with zero attached hydrogens (tertiary/aromatic N) is 4. The molecule has 0 N–H and O–H groups in total. The van der Waals surface area contributed by atoms with Crippen molar-refractivity contribution >= 4 is 28.3 Å². The molecule has 6 nitrogen and oxygen atoms in total. The molecule has 0 spiro atoms. The van der Waals surface area contributed by atoms with Crippen molar-refractivity contribution in [3.05, 3.63) is 83.0 Å². The summed E-state index contributed by atoms with van der Waals surface area (Å²) in [4.78, 5) is 24.0. The summed E-state index contributed by atoms with van der Waals surface area (Å²) in [6.07, 6.45) is 6.37. The predicted octanol–water partition coefficient (Wildman–Crippen LogP) is 4.85. The summed E-state index contributed by atoms with van der Waals surface area (Å²) < 4.78 is 7.27. The van der Waals surface area contributed by atoms with E-state index in [0.29, 0.717) is 0 Å². The number of ether oxygens (including phenoxy) is 1. The second kappa shape index (κ2) is 9.83. The smallest absolute Gasteiger partial charge is 0.265 e. The van der Waals surface area contributed by atoms with Gasteiger partial charge in [0.05, 0.1) is 12.8 Å². The quantitative estimate of drug-likeness (QED) is 0.403. The van der Waals surface area contributed by atoms with Crippen LogP contribution in [0.2, 0.25) is 0 Å². The SMILES string of the molecule is COc1ccc(-c2cn3c(C)c(C(=O)N4CCN(C/C=C/c5ccccc5)CC4)sc3n2)cc1. The van der Waals surface area contributed by atoms with Gasteiger partial charge in [-0.15, -0.1) is 0 Å². The summed E-state index contributed by atoms with van der Waals surface area (Å²) in [7, 11) is 1.66. The van der Waals surface area contributed by atoms with Gasteiger partial charge in [0.1, 0.15) is 10.6 Å². The molecule has 5 rings (SSSR count). The molecule has 2 aromatic heterocycles. The average molecular weight is 473 g/mol. The zero-order chi connectivity index (χ0) is 23.5. The first kappa shape index (κ1) is 22.4. The molecule has 0 unspecified atom stereocenters. The van der Waals surface area contributed by atoms with Gasteiger partial charge >= 0.3 is 0 Å². The summed E-state index contributed by atoms with van der Waals surface area (Å²) in [5.74, 6) is 0.930. The highest BCUT2D eigenvalue weighted by atomic mass is 32.1. The van der Waals surface area contributed by atoms with Crippen LogP contribution in [0.3, 0.4) is 0 Å². The Balaban J connectivity index is 1.22. The summed E-state index contributed by atoms with van der Waals surface area (Å²) in [5, 5.41) is 0. The van der Waals surface area contributed by atoms with Crippen LogP contribution in [0.5, 0.6) is 5.75 Å². The van der Waals surface area contributed by atoms with Gasteiger partial charge in [-0.1, -0.05) is 53.8 Å². The highest BCUT2D eigenvalue weighted by molar-refractivity contribution is 7.19. The molecule has 0 aliphatic carbocycles. The van der Waals surface area contributed by atoms with Crippen LogP contribution in [-0.2, 0) is 0 Å². The number of amides is 1. The minimum atomic E-state index is 0.110. The largest absolute Gasteiger partial charge is 0.497 e. The van der Waals surface area contributed by atoms with Gasteiger partial charge in [-0.3, -0.25) is 14.1 Å².